The summed E-state index contributed by atoms with van der Waals surface area (Å²) in [5.74, 6) is -1.51. The summed E-state index contributed by atoms with van der Waals surface area (Å²) in [6.07, 6.45) is 4.89. The van der Waals surface area contributed by atoms with Crippen LogP contribution in [0.4, 0.5) is 0 Å². The van der Waals surface area contributed by atoms with Gasteiger partial charge in [-0.15, -0.1) is 6.58 Å². The van der Waals surface area contributed by atoms with Gasteiger partial charge in [0.15, 0.2) is 15.6 Å². The molecule has 5 atom stereocenters. The summed E-state index contributed by atoms with van der Waals surface area (Å²) in [4.78, 5) is 46.9. The van der Waals surface area contributed by atoms with E-state index in [4.69, 9.17) is 15.2 Å². The van der Waals surface area contributed by atoms with Gasteiger partial charge in [-0.3, -0.25) is 14.4 Å². The average Bonchev–Trinajstić information content (AvgIpc) is 3.49. The van der Waals surface area contributed by atoms with Gasteiger partial charge in [0.1, 0.15) is 29.2 Å². The van der Waals surface area contributed by atoms with Crippen LogP contribution in [0.25, 0.3) is 10.8 Å². The SMILES string of the molecule is C=C[C@@H]1C[C@]1(NC(=O)[C@@H]1C[C@@H](Oc2nccc3cc(OC)ccc23)CN1C(=O)[C@@H](N)C(C)(C)C)C(=O)CS(=O)(=O)C1CCC1. The molecule has 3 fully saturated rings. The number of nitrogens with one attached hydrogen (secondary N) is 1. The van der Waals surface area contributed by atoms with Crippen molar-refractivity contribution in [3.63, 3.8) is 0 Å². The fraction of sp³-hybridized carbons (Fsp3) is 0.562. The zero-order chi connectivity index (χ0) is 32.0. The number of ether oxygens (including phenoxy) is 2. The minimum Gasteiger partial charge on any atom is -0.497 e. The van der Waals surface area contributed by atoms with Crippen LogP contribution in [0.5, 0.6) is 11.6 Å². The number of rotatable bonds is 11. The largest absolute Gasteiger partial charge is 0.497 e. The topological polar surface area (TPSA) is 158 Å². The number of carbonyl (C=O) groups is 3. The van der Waals surface area contributed by atoms with E-state index in [1.165, 1.54) is 4.90 Å². The van der Waals surface area contributed by atoms with E-state index in [9.17, 15) is 22.8 Å². The molecule has 2 heterocycles. The van der Waals surface area contributed by atoms with Crippen molar-refractivity contribution in [2.24, 2.45) is 17.1 Å². The Morgan fingerprint density at radius 1 is 1.25 bits per heavy atom. The highest BCUT2D eigenvalue weighted by Crippen LogP contribution is 2.46. The highest BCUT2D eigenvalue weighted by molar-refractivity contribution is 7.92. The lowest BCUT2D eigenvalue weighted by Gasteiger charge is -2.33. The summed E-state index contributed by atoms with van der Waals surface area (Å²) < 4.78 is 37.3. The Kier molecular flexibility index (Phi) is 8.54. The molecular formula is C32H42N4O7S. The second kappa shape index (κ2) is 11.8. The van der Waals surface area contributed by atoms with E-state index in [2.05, 4.69) is 16.9 Å². The van der Waals surface area contributed by atoms with E-state index >= 15 is 0 Å². The Morgan fingerprint density at radius 3 is 2.57 bits per heavy atom. The molecule has 1 aromatic carbocycles. The van der Waals surface area contributed by atoms with Crippen molar-refractivity contribution in [2.45, 2.75) is 81.9 Å². The molecule has 2 amide bonds. The van der Waals surface area contributed by atoms with Crippen molar-refractivity contribution in [1.82, 2.24) is 15.2 Å². The maximum absolute atomic E-state index is 13.9. The molecule has 1 aromatic heterocycles. The third kappa shape index (κ3) is 6.06. The standard InChI is InChI=1S/C32H42N4O7S/c1-6-20-16-32(20,26(37)18-44(40,41)23-8-7-9-23)35-28(38)25-15-22(17-36(25)30(39)27(33)31(2,3)4)43-29-24-11-10-21(42-5)14-19(24)12-13-34-29/h6,10-14,20,22-23,25,27H,1,7-9,15-18,33H2,2-5H3,(H,35,38)/t20-,22-,25+,27-,32-/m1/s1. The maximum Gasteiger partial charge on any atom is 0.243 e. The minimum atomic E-state index is -3.62. The summed E-state index contributed by atoms with van der Waals surface area (Å²) in [6, 6.07) is 5.44. The van der Waals surface area contributed by atoms with Gasteiger partial charge in [0.2, 0.25) is 17.7 Å². The van der Waals surface area contributed by atoms with Gasteiger partial charge in [-0.1, -0.05) is 33.3 Å². The van der Waals surface area contributed by atoms with Crippen LogP contribution in [-0.2, 0) is 24.2 Å². The molecule has 0 spiro atoms. The number of benzene rings is 1. The first-order chi connectivity index (χ1) is 20.7. The van der Waals surface area contributed by atoms with Crippen LogP contribution in [0.15, 0.2) is 43.1 Å². The second-order valence-electron chi connectivity index (χ2n) is 13.3. The summed E-state index contributed by atoms with van der Waals surface area (Å²) >= 11 is 0. The second-order valence-corrected chi connectivity index (χ2v) is 15.6. The molecule has 2 aromatic rings. The normalized spacial score (nSPS) is 26.0. The lowest BCUT2D eigenvalue weighted by molar-refractivity contribution is -0.142. The highest BCUT2D eigenvalue weighted by atomic mass is 32.2. The molecule has 2 aliphatic carbocycles. The number of likely N-dealkylation sites (tertiary alicyclic amines) is 1. The van der Waals surface area contributed by atoms with Crippen molar-refractivity contribution >= 4 is 38.2 Å². The number of methoxy groups -OCH3 is 1. The van der Waals surface area contributed by atoms with Crippen LogP contribution in [0.1, 0.15) is 52.9 Å². The van der Waals surface area contributed by atoms with Gasteiger partial charge in [0.05, 0.1) is 24.9 Å². The van der Waals surface area contributed by atoms with E-state index < -0.39 is 73.5 Å². The van der Waals surface area contributed by atoms with E-state index in [0.717, 1.165) is 17.2 Å². The van der Waals surface area contributed by atoms with Crippen molar-refractivity contribution in [3.8, 4) is 11.6 Å². The monoisotopic (exact) mass is 626 g/mol. The van der Waals surface area contributed by atoms with Gasteiger partial charge in [-0.25, -0.2) is 13.4 Å². The van der Waals surface area contributed by atoms with Crippen LogP contribution in [0.2, 0.25) is 0 Å². The van der Waals surface area contributed by atoms with Crippen molar-refractivity contribution < 1.29 is 32.3 Å². The number of ketones is 1. The molecule has 0 unspecified atom stereocenters. The van der Waals surface area contributed by atoms with Crippen LogP contribution >= 0.6 is 0 Å². The Labute approximate surface area is 258 Å². The van der Waals surface area contributed by atoms with Gasteiger partial charge in [0.25, 0.3) is 0 Å². The van der Waals surface area contributed by atoms with E-state index in [1.807, 2.05) is 39.0 Å². The molecule has 11 nitrogen and oxygen atoms in total. The smallest absolute Gasteiger partial charge is 0.243 e. The first kappa shape index (κ1) is 31.9. The third-order valence-electron chi connectivity index (χ3n) is 9.30. The molecule has 3 N–H and O–H groups in total. The van der Waals surface area contributed by atoms with Gasteiger partial charge < -0.3 is 25.4 Å². The van der Waals surface area contributed by atoms with Crippen LogP contribution in [0.3, 0.4) is 0 Å². The van der Waals surface area contributed by atoms with Crippen molar-refractivity contribution in [1.29, 1.82) is 0 Å². The summed E-state index contributed by atoms with van der Waals surface area (Å²) in [5, 5.41) is 3.94. The lowest BCUT2D eigenvalue weighted by Crippen LogP contribution is -2.57. The number of hydrogen-bond acceptors (Lipinski definition) is 9. The molecule has 0 bridgehead atoms. The minimum absolute atomic E-state index is 0.0802. The fourth-order valence-corrected chi connectivity index (χ4v) is 7.91. The average molecular weight is 627 g/mol. The number of sulfone groups is 1. The lowest BCUT2D eigenvalue weighted by atomic mass is 9.86. The first-order valence-electron chi connectivity index (χ1n) is 15.0. The fourth-order valence-electron chi connectivity index (χ4n) is 6.00. The molecule has 44 heavy (non-hydrogen) atoms. The molecule has 238 valence electrons. The summed E-state index contributed by atoms with van der Waals surface area (Å²) in [6.45, 7) is 9.40. The van der Waals surface area contributed by atoms with Gasteiger partial charge in [0, 0.05) is 23.9 Å². The van der Waals surface area contributed by atoms with Crippen molar-refractivity contribution in [3.05, 3.63) is 43.1 Å². The Bertz CT molecular complexity index is 1580. The number of pyridine rings is 1. The number of fused-ring (bicyclic) bond motifs is 1. The first-order valence-corrected chi connectivity index (χ1v) is 16.8. The van der Waals surface area contributed by atoms with Crippen LogP contribution in [-0.4, -0.2) is 84.3 Å². The van der Waals surface area contributed by atoms with Crippen LogP contribution < -0.4 is 20.5 Å². The van der Waals surface area contributed by atoms with Gasteiger partial charge in [-0.2, -0.15) is 0 Å². The quantitative estimate of drug-likeness (QED) is 0.358. The predicted octanol–water partition coefficient (Wildman–Crippen LogP) is 2.56. The Hall–Kier alpha value is -3.51. The molecule has 12 heteroatoms. The number of Topliss-reactive ketones (excluding diaryl/α,β-unsaturated/α-hetero) is 1. The van der Waals surface area contributed by atoms with Crippen molar-refractivity contribution in [2.75, 3.05) is 19.4 Å². The zero-order valence-electron chi connectivity index (χ0n) is 25.7. The number of aromatic nitrogens is 1. The molecular weight excluding hydrogens is 584 g/mol. The third-order valence-corrected chi connectivity index (χ3v) is 11.4. The number of amides is 2. The number of hydrogen-bond donors (Lipinski definition) is 2. The molecule has 2 saturated carbocycles. The zero-order valence-corrected chi connectivity index (χ0v) is 26.6. The molecule has 3 aliphatic rings. The Morgan fingerprint density at radius 2 is 1.98 bits per heavy atom. The molecule has 5 rings (SSSR count). The van der Waals surface area contributed by atoms with Crippen LogP contribution in [0, 0.1) is 11.3 Å². The summed E-state index contributed by atoms with van der Waals surface area (Å²) in [7, 11) is -2.04. The summed E-state index contributed by atoms with van der Waals surface area (Å²) in [5.41, 5.74) is 4.41. The number of carbonyl (C=O) groups excluding carboxylic acids is 3. The molecule has 1 aliphatic heterocycles. The van der Waals surface area contributed by atoms with E-state index in [0.29, 0.717) is 24.5 Å². The predicted molar refractivity (Wildman–Crippen MR) is 166 cm³/mol. The van der Waals surface area contributed by atoms with Gasteiger partial charge >= 0.3 is 0 Å². The van der Waals surface area contributed by atoms with Gasteiger partial charge in [-0.05, 0) is 54.3 Å². The Balaban J connectivity index is 1.39. The number of nitrogens with zero attached hydrogens (tertiary/aromatic N) is 2. The van der Waals surface area contributed by atoms with E-state index in [-0.39, 0.29) is 19.4 Å². The molecule has 0 radical (unpaired) electrons. The van der Waals surface area contributed by atoms with E-state index in [1.54, 1.807) is 25.4 Å². The highest BCUT2D eigenvalue weighted by Gasteiger charge is 2.61. The maximum atomic E-state index is 13.9. The number of nitrogens with two attached hydrogens (primary N) is 1. The molecule has 1 saturated heterocycles.